The van der Waals surface area contributed by atoms with Crippen LogP contribution in [0.4, 0.5) is 5.69 Å². The number of benzene rings is 2. The van der Waals surface area contributed by atoms with Crippen molar-refractivity contribution < 1.29 is 18.7 Å². The molecule has 1 N–H and O–H groups in total. The Bertz CT molecular complexity index is 911. The molecule has 0 bridgehead atoms. The van der Waals surface area contributed by atoms with E-state index in [4.69, 9.17) is 13.9 Å². The standard InChI is InChI=1S/C19H16N2O4S/c22-17(21-15-7-4-8-16-18(15)25-12-24-16)11-26-10-14-9-23-19(20-14)13-5-2-1-3-6-13/h1-9H,10-12H2,(H,21,22). The quantitative estimate of drug-likeness (QED) is 0.710. The Morgan fingerprint density at radius 1 is 1.12 bits per heavy atom. The summed E-state index contributed by atoms with van der Waals surface area (Å²) in [4.78, 5) is 16.6. The van der Waals surface area contributed by atoms with E-state index < -0.39 is 0 Å². The number of amides is 1. The fourth-order valence-corrected chi connectivity index (χ4v) is 3.25. The molecule has 1 aromatic heterocycles. The average molecular weight is 368 g/mol. The molecule has 7 heteroatoms. The molecule has 1 aliphatic heterocycles. The van der Waals surface area contributed by atoms with Crippen molar-refractivity contribution in [3.63, 3.8) is 0 Å². The van der Waals surface area contributed by atoms with Crippen molar-refractivity contribution in [2.75, 3.05) is 17.9 Å². The van der Waals surface area contributed by atoms with Gasteiger partial charge in [-0.15, -0.1) is 11.8 Å². The van der Waals surface area contributed by atoms with E-state index in [9.17, 15) is 4.79 Å². The van der Waals surface area contributed by atoms with Crippen molar-refractivity contribution in [2.24, 2.45) is 0 Å². The maximum atomic E-state index is 12.2. The zero-order valence-corrected chi connectivity index (χ0v) is 14.6. The molecule has 2 heterocycles. The molecule has 0 unspecified atom stereocenters. The second-order valence-electron chi connectivity index (χ2n) is 5.59. The SMILES string of the molecule is O=C(CSCc1coc(-c2ccccc2)n1)Nc1cccc2c1OCO2. The van der Waals surface area contributed by atoms with Gasteiger partial charge in [-0.1, -0.05) is 24.3 Å². The average Bonchev–Trinajstić information content (AvgIpc) is 3.32. The first-order valence-electron chi connectivity index (χ1n) is 8.05. The number of oxazole rings is 1. The zero-order chi connectivity index (χ0) is 17.8. The van der Waals surface area contributed by atoms with E-state index in [1.807, 2.05) is 42.5 Å². The molecule has 0 atom stereocenters. The van der Waals surface area contributed by atoms with E-state index in [2.05, 4.69) is 10.3 Å². The summed E-state index contributed by atoms with van der Waals surface area (Å²) in [6.07, 6.45) is 1.63. The van der Waals surface area contributed by atoms with E-state index in [1.165, 1.54) is 11.8 Å². The number of para-hydroxylation sites is 1. The van der Waals surface area contributed by atoms with E-state index in [0.717, 1.165) is 11.3 Å². The van der Waals surface area contributed by atoms with E-state index in [0.29, 0.717) is 34.6 Å². The fraction of sp³-hybridized carbons (Fsp3) is 0.158. The maximum Gasteiger partial charge on any atom is 0.234 e. The maximum absolute atomic E-state index is 12.2. The lowest BCUT2D eigenvalue weighted by molar-refractivity contribution is -0.113. The van der Waals surface area contributed by atoms with Crippen LogP contribution in [0, 0.1) is 0 Å². The normalized spacial score (nSPS) is 12.2. The number of anilines is 1. The molecule has 0 radical (unpaired) electrons. The number of nitrogens with zero attached hydrogens (tertiary/aromatic N) is 1. The second-order valence-corrected chi connectivity index (χ2v) is 6.58. The highest BCUT2D eigenvalue weighted by Crippen LogP contribution is 2.38. The molecule has 132 valence electrons. The molecular weight excluding hydrogens is 352 g/mol. The summed E-state index contributed by atoms with van der Waals surface area (Å²) in [5.74, 6) is 2.60. The summed E-state index contributed by atoms with van der Waals surface area (Å²) in [5.41, 5.74) is 2.36. The van der Waals surface area contributed by atoms with E-state index in [1.54, 1.807) is 12.3 Å². The molecule has 2 aromatic carbocycles. The number of carbonyl (C=O) groups excluding carboxylic acids is 1. The van der Waals surface area contributed by atoms with Crippen molar-refractivity contribution in [1.82, 2.24) is 4.98 Å². The molecule has 4 rings (SSSR count). The highest BCUT2D eigenvalue weighted by molar-refractivity contribution is 7.99. The number of ether oxygens (including phenoxy) is 2. The van der Waals surface area contributed by atoms with Crippen molar-refractivity contribution in [1.29, 1.82) is 0 Å². The number of thioether (sulfide) groups is 1. The lowest BCUT2D eigenvalue weighted by Gasteiger charge is -2.07. The van der Waals surface area contributed by atoms with Gasteiger partial charge in [-0.25, -0.2) is 4.98 Å². The molecule has 0 spiro atoms. The Morgan fingerprint density at radius 3 is 2.88 bits per heavy atom. The summed E-state index contributed by atoms with van der Waals surface area (Å²) in [6.45, 7) is 0.173. The van der Waals surface area contributed by atoms with Crippen molar-refractivity contribution in [3.8, 4) is 23.0 Å². The predicted octanol–water partition coefficient (Wildman–Crippen LogP) is 3.94. The summed E-state index contributed by atoms with van der Waals surface area (Å²) < 4.78 is 16.2. The number of aromatic nitrogens is 1. The van der Waals surface area contributed by atoms with Gasteiger partial charge < -0.3 is 19.2 Å². The topological polar surface area (TPSA) is 73.6 Å². The van der Waals surface area contributed by atoms with Crippen molar-refractivity contribution in [2.45, 2.75) is 5.75 Å². The Balaban J connectivity index is 1.29. The van der Waals surface area contributed by atoms with Gasteiger partial charge in [0.2, 0.25) is 18.6 Å². The van der Waals surface area contributed by atoms with Crippen LogP contribution in [0.15, 0.2) is 59.2 Å². The molecule has 1 amide bonds. The molecule has 3 aromatic rings. The second kappa shape index (κ2) is 7.53. The van der Waals surface area contributed by atoms with Gasteiger partial charge in [0, 0.05) is 11.3 Å². The Hall–Kier alpha value is -2.93. The Morgan fingerprint density at radius 2 is 2.00 bits per heavy atom. The van der Waals surface area contributed by atoms with Crippen molar-refractivity contribution in [3.05, 3.63) is 60.5 Å². The van der Waals surface area contributed by atoms with Crippen LogP contribution < -0.4 is 14.8 Å². The largest absolute Gasteiger partial charge is 0.454 e. The van der Waals surface area contributed by atoms with Crippen LogP contribution >= 0.6 is 11.8 Å². The van der Waals surface area contributed by atoms with Gasteiger partial charge >= 0.3 is 0 Å². The lowest BCUT2D eigenvalue weighted by Crippen LogP contribution is -2.14. The molecule has 0 fully saturated rings. The molecule has 1 aliphatic rings. The third-order valence-electron chi connectivity index (χ3n) is 3.73. The first-order valence-corrected chi connectivity index (χ1v) is 9.21. The molecule has 0 saturated carbocycles. The minimum absolute atomic E-state index is 0.106. The Labute approximate surface area is 154 Å². The first kappa shape index (κ1) is 16.5. The van der Waals surface area contributed by atoms with Crippen LogP contribution in [-0.2, 0) is 10.5 Å². The highest BCUT2D eigenvalue weighted by Gasteiger charge is 2.18. The van der Waals surface area contributed by atoms with Crippen LogP contribution in [-0.4, -0.2) is 23.4 Å². The van der Waals surface area contributed by atoms with Gasteiger partial charge in [0.1, 0.15) is 6.26 Å². The summed E-state index contributed by atoms with van der Waals surface area (Å²) in [5, 5.41) is 2.85. The minimum Gasteiger partial charge on any atom is -0.454 e. The van der Waals surface area contributed by atoms with Gasteiger partial charge in [0.15, 0.2) is 11.5 Å². The van der Waals surface area contributed by atoms with Crippen LogP contribution in [0.5, 0.6) is 11.5 Å². The first-order chi connectivity index (χ1) is 12.8. The molecule has 0 saturated heterocycles. The third-order valence-corrected chi connectivity index (χ3v) is 4.69. The summed E-state index contributed by atoms with van der Waals surface area (Å²) in [6, 6.07) is 15.1. The fourth-order valence-electron chi connectivity index (χ4n) is 2.55. The van der Waals surface area contributed by atoms with Gasteiger partial charge in [0.05, 0.1) is 17.1 Å². The minimum atomic E-state index is -0.106. The van der Waals surface area contributed by atoms with E-state index >= 15 is 0 Å². The summed E-state index contributed by atoms with van der Waals surface area (Å²) >= 11 is 1.47. The van der Waals surface area contributed by atoms with Crippen molar-refractivity contribution >= 4 is 23.4 Å². The predicted molar refractivity (Wildman–Crippen MR) is 99.3 cm³/mol. The van der Waals surface area contributed by atoms with Crippen LogP contribution in [0.1, 0.15) is 5.69 Å². The molecule has 6 nitrogen and oxygen atoms in total. The number of fused-ring (bicyclic) bond motifs is 1. The van der Waals surface area contributed by atoms with Crippen LogP contribution in [0.25, 0.3) is 11.5 Å². The van der Waals surface area contributed by atoms with Crippen LogP contribution in [0.3, 0.4) is 0 Å². The number of hydrogen-bond donors (Lipinski definition) is 1. The smallest absolute Gasteiger partial charge is 0.234 e. The third kappa shape index (κ3) is 3.67. The lowest BCUT2D eigenvalue weighted by atomic mass is 10.2. The van der Waals surface area contributed by atoms with Gasteiger partial charge in [-0.2, -0.15) is 0 Å². The van der Waals surface area contributed by atoms with Crippen LogP contribution in [0.2, 0.25) is 0 Å². The Kier molecular flexibility index (Phi) is 4.79. The highest BCUT2D eigenvalue weighted by atomic mass is 32.2. The zero-order valence-electron chi connectivity index (χ0n) is 13.8. The monoisotopic (exact) mass is 368 g/mol. The van der Waals surface area contributed by atoms with E-state index in [-0.39, 0.29) is 12.7 Å². The van der Waals surface area contributed by atoms with Gasteiger partial charge in [-0.3, -0.25) is 4.79 Å². The molecule has 26 heavy (non-hydrogen) atoms. The number of carbonyl (C=O) groups is 1. The molecule has 0 aliphatic carbocycles. The van der Waals surface area contributed by atoms with Gasteiger partial charge in [-0.05, 0) is 24.3 Å². The number of rotatable bonds is 6. The number of nitrogens with one attached hydrogen (secondary N) is 1. The number of hydrogen-bond acceptors (Lipinski definition) is 6. The van der Waals surface area contributed by atoms with Gasteiger partial charge in [0.25, 0.3) is 0 Å². The molecular formula is C19H16N2O4S. The summed E-state index contributed by atoms with van der Waals surface area (Å²) in [7, 11) is 0.